The molecule has 0 radical (unpaired) electrons. The van der Waals surface area contributed by atoms with E-state index in [4.69, 9.17) is 10.5 Å². The number of anilines is 2. The molecule has 0 amide bonds. The highest BCUT2D eigenvalue weighted by Gasteiger charge is 2.35. The monoisotopic (exact) mass is 250 g/mol. The third-order valence-electron chi connectivity index (χ3n) is 1.83. The molecular weight excluding hydrogens is 237 g/mol. The molecule has 1 heterocycles. The molecule has 8 heteroatoms. The number of aromatic nitrogens is 2. The Bertz CT molecular complexity index is 370. The van der Waals surface area contributed by atoms with Crippen molar-refractivity contribution in [3.63, 3.8) is 0 Å². The Balaban J connectivity index is 2.69. The Labute approximate surface area is 96.2 Å². The Kier molecular flexibility index (Phi) is 4.50. The first-order valence-electron chi connectivity index (χ1n) is 4.88. The van der Waals surface area contributed by atoms with Gasteiger partial charge in [-0.1, -0.05) is 0 Å². The van der Waals surface area contributed by atoms with E-state index >= 15 is 0 Å². The van der Waals surface area contributed by atoms with Gasteiger partial charge in [0.2, 0.25) is 5.82 Å². The van der Waals surface area contributed by atoms with Crippen LogP contribution in [0.4, 0.5) is 24.8 Å². The van der Waals surface area contributed by atoms with Gasteiger partial charge in [-0.05, 0) is 6.42 Å². The van der Waals surface area contributed by atoms with E-state index < -0.39 is 12.0 Å². The average molecular weight is 250 g/mol. The predicted octanol–water partition coefficient (Wildman–Crippen LogP) is 1.53. The number of nitrogens with two attached hydrogens (primary N) is 1. The molecule has 3 N–H and O–H groups in total. The Morgan fingerprint density at radius 3 is 2.71 bits per heavy atom. The molecule has 96 valence electrons. The summed E-state index contributed by atoms with van der Waals surface area (Å²) >= 11 is 0. The predicted molar refractivity (Wildman–Crippen MR) is 56.4 cm³/mol. The van der Waals surface area contributed by atoms with Gasteiger partial charge in [-0.15, -0.1) is 0 Å². The number of alkyl halides is 3. The number of nitrogen functional groups attached to an aromatic ring is 1. The van der Waals surface area contributed by atoms with Gasteiger partial charge < -0.3 is 15.8 Å². The van der Waals surface area contributed by atoms with Gasteiger partial charge in [0.05, 0.1) is 0 Å². The lowest BCUT2D eigenvalue weighted by molar-refractivity contribution is -0.144. The van der Waals surface area contributed by atoms with Crippen molar-refractivity contribution in [2.45, 2.75) is 12.6 Å². The number of halogens is 3. The second-order valence-electron chi connectivity index (χ2n) is 3.27. The minimum absolute atomic E-state index is 0.0564. The molecule has 0 aliphatic carbocycles. The molecule has 0 fully saturated rings. The molecule has 0 unspecified atom stereocenters. The highest BCUT2D eigenvalue weighted by molar-refractivity contribution is 5.44. The maximum absolute atomic E-state index is 12.4. The van der Waals surface area contributed by atoms with Crippen LogP contribution in [0.3, 0.4) is 0 Å². The SMILES string of the molecule is COCCCNc1cc(N)nc(C(F)(F)F)n1. The smallest absolute Gasteiger partial charge is 0.385 e. The summed E-state index contributed by atoms with van der Waals surface area (Å²) in [6, 6.07) is 1.25. The van der Waals surface area contributed by atoms with Crippen LogP contribution in [0.5, 0.6) is 0 Å². The summed E-state index contributed by atoms with van der Waals surface area (Å²) in [6.45, 7) is 0.960. The van der Waals surface area contributed by atoms with Gasteiger partial charge in [0.25, 0.3) is 0 Å². The minimum Gasteiger partial charge on any atom is -0.385 e. The van der Waals surface area contributed by atoms with Crippen molar-refractivity contribution in [2.75, 3.05) is 31.3 Å². The molecular formula is C9H13F3N4O. The Morgan fingerprint density at radius 2 is 2.12 bits per heavy atom. The van der Waals surface area contributed by atoms with Crippen molar-refractivity contribution >= 4 is 11.6 Å². The molecule has 0 aliphatic heterocycles. The molecule has 1 aromatic heterocycles. The number of rotatable bonds is 5. The summed E-state index contributed by atoms with van der Waals surface area (Å²) in [5.74, 6) is -1.41. The van der Waals surface area contributed by atoms with Crippen LogP contribution in [0.25, 0.3) is 0 Å². The molecule has 0 spiro atoms. The lowest BCUT2D eigenvalue weighted by Gasteiger charge is -2.09. The van der Waals surface area contributed by atoms with Crippen LogP contribution in [0, 0.1) is 0 Å². The summed E-state index contributed by atoms with van der Waals surface area (Å²) in [5.41, 5.74) is 5.27. The van der Waals surface area contributed by atoms with Gasteiger partial charge in [0, 0.05) is 26.3 Å². The zero-order valence-corrected chi connectivity index (χ0v) is 9.21. The normalized spacial score (nSPS) is 11.5. The topological polar surface area (TPSA) is 73.1 Å². The highest BCUT2D eigenvalue weighted by Crippen LogP contribution is 2.27. The molecule has 0 atom stereocenters. The number of nitrogens with zero attached hydrogens (tertiary/aromatic N) is 2. The molecule has 1 rings (SSSR count). The fraction of sp³-hybridized carbons (Fsp3) is 0.556. The average Bonchev–Trinajstić information content (AvgIpc) is 2.22. The number of nitrogens with one attached hydrogen (secondary N) is 1. The maximum Gasteiger partial charge on any atom is 0.451 e. The lowest BCUT2D eigenvalue weighted by Crippen LogP contribution is -2.15. The van der Waals surface area contributed by atoms with E-state index in [1.807, 2.05) is 0 Å². The molecule has 5 nitrogen and oxygen atoms in total. The maximum atomic E-state index is 12.4. The largest absolute Gasteiger partial charge is 0.451 e. The molecule has 0 saturated carbocycles. The van der Waals surface area contributed by atoms with Crippen LogP contribution in [0.15, 0.2) is 6.07 Å². The van der Waals surface area contributed by atoms with Crippen molar-refractivity contribution in [3.8, 4) is 0 Å². The quantitative estimate of drug-likeness (QED) is 0.775. The van der Waals surface area contributed by atoms with Gasteiger partial charge >= 0.3 is 6.18 Å². The van der Waals surface area contributed by atoms with E-state index in [-0.39, 0.29) is 11.6 Å². The van der Waals surface area contributed by atoms with Crippen LogP contribution in [0.2, 0.25) is 0 Å². The number of hydrogen-bond donors (Lipinski definition) is 2. The van der Waals surface area contributed by atoms with Gasteiger partial charge in [-0.3, -0.25) is 0 Å². The van der Waals surface area contributed by atoms with Gasteiger partial charge in [0.1, 0.15) is 11.6 Å². The van der Waals surface area contributed by atoms with Crippen molar-refractivity contribution in [3.05, 3.63) is 11.9 Å². The van der Waals surface area contributed by atoms with Crippen molar-refractivity contribution < 1.29 is 17.9 Å². The van der Waals surface area contributed by atoms with Gasteiger partial charge in [-0.25, -0.2) is 9.97 Å². The number of hydrogen-bond acceptors (Lipinski definition) is 5. The third kappa shape index (κ3) is 4.43. The van der Waals surface area contributed by atoms with E-state index in [1.54, 1.807) is 7.11 Å². The molecule has 0 aromatic carbocycles. The first-order valence-corrected chi connectivity index (χ1v) is 4.88. The van der Waals surface area contributed by atoms with Crippen LogP contribution in [-0.4, -0.2) is 30.2 Å². The second kappa shape index (κ2) is 5.67. The zero-order valence-electron chi connectivity index (χ0n) is 9.21. The molecule has 1 aromatic rings. The zero-order chi connectivity index (χ0) is 12.9. The van der Waals surface area contributed by atoms with Gasteiger partial charge in [-0.2, -0.15) is 13.2 Å². The third-order valence-corrected chi connectivity index (χ3v) is 1.83. The van der Waals surface area contributed by atoms with Gasteiger partial charge in [0.15, 0.2) is 0 Å². The Hall–Kier alpha value is -1.57. The molecule has 17 heavy (non-hydrogen) atoms. The summed E-state index contributed by atoms with van der Waals surface area (Å²) in [5, 5.41) is 2.72. The number of ether oxygens (including phenoxy) is 1. The summed E-state index contributed by atoms with van der Waals surface area (Å²) < 4.78 is 41.9. The first kappa shape index (κ1) is 13.5. The van der Waals surface area contributed by atoms with Crippen molar-refractivity contribution in [1.82, 2.24) is 9.97 Å². The van der Waals surface area contributed by atoms with Crippen molar-refractivity contribution in [1.29, 1.82) is 0 Å². The molecule has 0 saturated heterocycles. The van der Waals surface area contributed by atoms with Crippen LogP contribution >= 0.6 is 0 Å². The van der Waals surface area contributed by atoms with Crippen LogP contribution in [0.1, 0.15) is 12.2 Å². The van der Waals surface area contributed by atoms with Crippen LogP contribution < -0.4 is 11.1 Å². The highest BCUT2D eigenvalue weighted by atomic mass is 19.4. The first-order chi connectivity index (χ1) is 7.93. The Morgan fingerprint density at radius 1 is 1.41 bits per heavy atom. The molecule has 0 bridgehead atoms. The van der Waals surface area contributed by atoms with E-state index in [0.717, 1.165) is 0 Å². The summed E-state index contributed by atoms with van der Waals surface area (Å²) in [7, 11) is 1.55. The van der Waals surface area contributed by atoms with Crippen LogP contribution in [-0.2, 0) is 10.9 Å². The minimum atomic E-state index is -4.60. The van der Waals surface area contributed by atoms with Crippen molar-refractivity contribution in [2.24, 2.45) is 0 Å². The summed E-state index contributed by atoms with van der Waals surface area (Å²) in [4.78, 5) is 6.46. The van der Waals surface area contributed by atoms with E-state index in [1.165, 1.54) is 6.07 Å². The van der Waals surface area contributed by atoms with E-state index in [9.17, 15) is 13.2 Å². The fourth-order valence-electron chi connectivity index (χ4n) is 1.12. The summed E-state index contributed by atoms with van der Waals surface area (Å²) in [6.07, 6.45) is -3.94. The standard InChI is InChI=1S/C9H13F3N4O/c1-17-4-2-3-14-7-5-6(13)15-8(16-7)9(10,11)12/h5H,2-4H2,1H3,(H3,13,14,15,16). The second-order valence-corrected chi connectivity index (χ2v) is 3.27. The van der Waals surface area contributed by atoms with E-state index in [0.29, 0.717) is 19.6 Å². The number of methoxy groups -OCH3 is 1. The fourth-order valence-corrected chi connectivity index (χ4v) is 1.12. The lowest BCUT2D eigenvalue weighted by atomic mass is 10.4. The molecule has 0 aliphatic rings. The van der Waals surface area contributed by atoms with E-state index in [2.05, 4.69) is 15.3 Å².